The van der Waals surface area contributed by atoms with Crippen LogP contribution in [-0.4, -0.2) is 17.0 Å². The molecule has 0 aromatic heterocycles. The van der Waals surface area contributed by atoms with Gasteiger partial charge < -0.3 is 5.11 Å². The van der Waals surface area contributed by atoms with Crippen LogP contribution in [0.1, 0.15) is 52.9 Å². The van der Waals surface area contributed by atoms with Crippen molar-refractivity contribution in [2.45, 2.75) is 59.0 Å². The van der Waals surface area contributed by atoms with Gasteiger partial charge in [-0.3, -0.25) is 4.79 Å². The van der Waals surface area contributed by atoms with Gasteiger partial charge in [-0.15, -0.1) is 0 Å². The molecule has 3 saturated carbocycles. The minimum Gasteiger partial charge on any atom is -0.393 e. The molecule has 4 rings (SSSR count). The first-order chi connectivity index (χ1) is 11.3. The maximum absolute atomic E-state index is 12.2. The SMILES string of the molecule is CC=C1C[C@H]2[C@@H]3CC[C@H](O)[C@@]3(C)CC[C@@H]2[C@@]2(C)C=CC(=O)C(Cl)=C12. The Kier molecular flexibility index (Phi) is 3.68. The molecule has 0 amide bonds. The highest BCUT2D eigenvalue weighted by Crippen LogP contribution is 2.66. The van der Waals surface area contributed by atoms with Crippen LogP contribution in [0.15, 0.2) is 34.4 Å². The Morgan fingerprint density at radius 1 is 1.25 bits per heavy atom. The molecule has 1 N–H and O–H groups in total. The highest BCUT2D eigenvalue weighted by atomic mass is 35.5. The van der Waals surface area contributed by atoms with Crippen molar-refractivity contribution >= 4 is 17.4 Å². The predicted molar refractivity (Wildman–Crippen MR) is 96.6 cm³/mol. The molecule has 24 heavy (non-hydrogen) atoms. The van der Waals surface area contributed by atoms with Gasteiger partial charge in [-0.05, 0) is 79.4 Å². The normalized spacial score (nSPS) is 49.2. The number of carbonyl (C=O) groups excluding carboxylic acids is 1. The first kappa shape index (κ1) is 16.6. The molecule has 0 unspecified atom stereocenters. The van der Waals surface area contributed by atoms with Crippen LogP contribution in [-0.2, 0) is 4.79 Å². The van der Waals surface area contributed by atoms with Crippen molar-refractivity contribution in [1.29, 1.82) is 0 Å². The quantitative estimate of drug-likeness (QED) is 0.685. The summed E-state index contributed by atoms with van der Waals surface area (Å²) in [6.45, 7) is 6.62. The topological polar surface area (TPSA) is 37.3 Å². The van der Waals surface area contributed by atoms with Crippen molar-refractivity contribution in [3.63, 3.8) is 0 Å². The number of hydrogen-bond acceptors (Lipinski definition) is 2. The molecular formula is C21H27ClO2. The van der Waals surface area contributed by atoms with Crippen LogP contribution >= 0.6 is 11.6 Å². The lowest BCUT2D eigenvalue weighted by molar-refractivity contribution is -0.111. The number of halogens is 1. The minimum absolute atomic E-state index is 0.0566. The monoisotopic (exact) mass is 346 g/mol. The molecule has 0 aromatic carbocycles. The number of aliphatic hydroxyl groups is 1. The van der Waals surface area contributed by atoms with Gasteiger partial charge in [0.05, 0.1) is 11.1 Å². The Balaban J connectivity index is 1.82. The maximum atomic E-state index is 12.2. The summed E-state index contributed by atoms with van der Waals surface area (Å²) in [5.74, 6) is 1.60. The van der Waals surface area contributed by atoms with Crippen molar-refractivity contribution < 1.29 is 9.90 Å². The van der Waals surface area contributed by atoms with E-state index in [9.17, 15) is 9.90 Å². The van der Waals surface area contributed by atoms with Crippen molar-refractivity contribution in [1.82, 2.24) is 0 Å². The van der Waals surface area contributed by atoms with Crippen molar-refractivity contribution in [3.05, 3.63) is 34.4 Å². The maximum Gasteiger partial charge on any atom is 0.197 e. The fourth-order valence-corrected chi connectivity index (χ4v) is 6.86. The average molecular weight is 347 g/mol. The van der Waals surface area contributed by atoms with Crippen molar-refractivity contribution in [2.24, 2.45) is 28.6 Å². The lowest BCUT2D eigenvalue weighted by Gasteiger charge is -2.57. The lowest BCUT2D eigenvalue weighted by atomic mass is 9.47. The number of allylic oxidation sites excluding steroid dienone is 6. The number of ketones is 1. The summed E-state index contributed by atoms with van der Waals surface area (Å²) in [4.78, 5) is 12.2. The molecule has 2 nitrogen and oxygen atoms in total. The first-order valence-corrected chi connectivity index (χ1v) is 9.68. The second kappa shape index (κ2) is 5.32. The summed E-state index contributed by atoms with van der Waals surface area (Å²) in [5, 5.41) is 11.0. The molecule has 0 heterocycles. The number of fused-ring (bicyclic) bond motifs is 5. The summed E-state index contributed by atoms with van der Waals surface area (Å²) in [5.41, 5.74) is 2.23. The molecule has 0 bridgehead atoms. The largest absolute Gasteiger partial charge is 0.393 e. The third-order valence-corrected chi connectivity index (χ3v) is 8.21. The van der Waals surface area contributed by atoms with Crippen LogP contribution in [0.3, 0.4) is 0 Å². The Morgan fingerprint density at radius 2 is 2.00 bits per heavy atom. The van der Waals surface area contributed by atoms with Crippen molar-refractivity contribution in [3.8, 4) is 0 Å². The molecule has 0 spiro atoms. The Labute approximate surface area is 149 Å². The Hall–Kier alpha value is -0.860. The van der Waals surface area contributed by atoms with E-state index in [2.05, 4.69) is 32.9 Å². The van der Waals surface area contributed by atoms with Gasteiger partial charge in [0.1, 0.15) is 0 Å². The fraction of sp³-hybridized carbons (Fsp3) is 0.667. The summed E-state index contributed by atoms with van der Waals surface area (Å²) in [7, 11) is 0. The van der Waals surface area contributed by atoms with Gasteiger partial charge >= 0.3 is 0 Å². The van der Waals surface area contributed by atoms with Gasteiger partial charge in [0, 0.05) is 5.41 Å². The average Bonchev–Trinajstić information content (AvgIpc) is 2.86. The van der Waals surface area contributed by atoms with Gasteiger partial charge in [0.25, 0.3) is 0 Å². The fourth-order valence-electron chi connectivity index (χ4n) is 6.47. The molecule has 0 radical (unpaired) electrons. The molecule has 3 fully saturated rings. The Morgan fingerprint density at radius 3 is 2.71 bits per heavy atom. The van der Waals surface area contributed by atoms with E-state index in [1.165, 1.54) is 5.57 Å². The summed E-state index contributed by atoms with van der Waals surface area (Å²) < 4.78 is 0. The smallest absolute Gasteiger partial charge is 0.197 e. The summed E-state index contributed by atoms with van der Waals surface area (Å²) in [6.07, 6.45) is 11.0. The van der Waals surface area contributed by atoms with Gasteiger partial charge in [-0.25, -0.2) is 0 Å². The van der Waals surface area contributed by atoms with E-state index in [0.29, 0.717) is 22.8 Å². The van der Waals surface area contributed by atoms with E-state index >= 15 is 0 Å². The molecule has 4 aliphatic carbocycles. The highest BCUT2D eigenvalue weighted by molar-refractivity contribution is 6.45. The second-order valence-corrected chi connectivity index (χ2v) is 9.08. The lowest BCUT2D eigenvalue weighted by Crippen LogP contribution is -2.51. The highest BCUT2D eigenvalue weighted by Gasteiger charge is 2.59. The third-order valence-electron chi connectivity index (χ3n) is 7.84. The van der Waals surface area contributed by atoms with Crippen LogP contribution in [0, 0.1) is 28.6 Å². The van der Waals surface area contributed by atoms with E-state index in [4.69, 9.17) is 11.6 Å². The molecule has 0 aliphatic heterocycles. The molecule has 0 aromatic rings. The number of hydrogen-bond donors (Lipinski definition) is 1. The van der Waals surface area contributed by atoms with Crippen LogP contribution in [0.25, 0.3) is 0 Å². The van der Waals surface area contributed by atoms with Crippen molar-refractivity contribution in [2.75, 3.05) is 0 Å². The van der Waals surface area contributed by atoms with E-state index in [1.54, 1.807) is 6.08 Å². The molecular weight excluding hydrogens is 320 g/mol. The van der Waals surface area contributed by atoms with Gasteiger partial charge in [-0.2, -0.15) is 0 Å². The van der Waals surface area contributed by atoms with Gasteiger partial charge in [0.15, 0.2) is 5.78 Å². The van der Waals surface area contributed by atoms with E-state index in [-0.39, 0.29) is 22.7 Å². The first-order valence-electron chi connectivity index (χ1n) is 9.30. The molecule has 0 saturated heterocycles. The van der Waals surface area contributed by atoms with Crippen LogP contribution < -0.4 is 0 Å². The van der Waals surface area contributed by atoms with E-state index in [1.807, 2.05) is 0 Å². The molecule has 6 atom stereocenters. The summed E-state index contributed by atoms with van der Waals surface area (Å²) >= 11 is 6.49. The molecule has 130 valence electrons. The number of rotatable bonds is 0. The van der Waals surface area contributed by atoms with E-state index in [0.717, 1.165) is 37.7 Å². The van der Waals surface area contributed by atoms with Gasteiger partial charge in [0.2, 0.25) is 0 Å². The zero-order chi connectivity index (χ0) is 17.3. The zero-order valence-electron chi connectivity index (χ0n) is 14.8. The second-order valence-electron chi connectivity index (χ2n) is 8.70. The van der Waals surface area contributed by atoms with Crippen LogP contribution in [0.2, 0.25) is 0 Å². The van der Waals surface area contributed by atoms with Gasteiger partial charge in [-0.1, -0.05) is 37.6 Å². The standard InChI is InChI=1S/C21H27ClO2/c1-4-12-11-13-14-5-6-17(24)20(14,2)9-7-15(13)21(3)10-8-16(23)19(22)18(12)21/h4,8,10,13-15,17,24H,5-7,9,11H2,1-3H3/t13-,14-,15-,17-,20-,21+/m0/s1. The zero-order valence-corrected chi connectivity index (χ0v) is 15.6. The molecule has 4 aliphatic rings. The van der Waals surface area contributed by atoms with Crippen LogP contribution in [0.4, 0.5) is 0 Å². The molecule has 3 heteroatoms. The van der Waals surface area contributed by atoms with Crippen LogP contribution in [0.5, 0.6) is 0 Å². The summed E-state index contributed by atoms with van der Waals surface area (Å²) in [6, 6.07) is 0. The number of carbonyl (C=O) groups is 1. The van der Waals surface area contributed by atoms with E-state index < -0.39 is 0 Å². The Bertz CT molecular complexity index is 688. The minimum atomic E-state index is -0.158. The number of aliphatic hydroxyl groups excluding tert-OH is 1. The third kappa shape index (κ3) is 1.96. The predicted octanol–water partition coefficient (Wildman–Crippen LogP) is 4.78.